The molecular formula is C21H22N2O7. The van der Waals surface area contributed by atoms with Crippen LogP contribution in [0.4, 0.5) is 5.69 Å². The van der Waals surface area contributed by atoms with E-state index in [1.54, 1.807) is 44.2 Å². The molecule has 30 heavy (non-hydrogen) atoms. The summed E-state index contributed by atoms with van der Waals surface area (Å²) in [5.74, 6) is -2.23. The Hall–Kier alpha value is -3.75. The maximum atomic E-state index is 12.9. The minimum Gasteiger partial charge on any atom is -0.465 e. The van der Waals surface area contributed by atoms with E-state index in [9.17, 15) is 24.5 Å². The van der Waals surface area contributed by atoms with Crippen LogP contribution in [0.15, 0.2) is 48.5 Å². The van der Waals surface area contributed by atoms with E-state index in [2.05, 4.69) is 4.74 Å². The van der Waals surface area contributed by atoms with E-state index in [-0.39, 0.29) is 11.1 Å². The first kappa shape index (κ1) is 22.5. The number of likely N-dealkylation sites (N-methyl/N-ethyl adjacent to an activating group) is 1. The minimum atomic E-state index is -1.24. The number of hydrogen-bond acceptors (Lipinski definition) is 7. The van der Waals surface area contributed by atoms with Gasteiger partial charge in [0.05, 0.1) is 23.2 Å². The van der Waals surface area contributed by atoms with E-state index >= 15 is 0 Å². The maximum Gasteiger partial charge on any atom is 0.339 e. The average Bonchev–Trinajstić information content (AvgIpc) is 2.77. The van der Waals surface area contributed by atoms with Crippen LogP contribution in [0.2, 0.25) is 0 Å². The lowest BCUT2D eigenvalue weighted by molar-refractivity contribution is -0.384. The van der Waals surface area contributed by atoms with Gasteiger partial charge < -0.3 is 14.4 Å². The number of ether oxygens (including phenoxy) is 2. The molecule has 9 heteroatoms. The van der Waals surface area contributed by atoms with Crippen LogP contribution < -0.4 is 0 Å². The molecule has 0 radical (unpaired) electrons. The smallest absolute Gasteiger partial charge is 0.339 e. The largest absolute Gasteiger partial charge is 0.465 e. The van der Waals surface area contributed by atoms with Gasteiger partial charge in [0, 0.05) is 30.8 Å². The summed E-state index contributed by atoms with van der Waals surface area (Å²) in [5, 5.41) is 11.2. The fourth-order valence-corrected chi connectivity index (χ4v) is 2.84. The summed E-state index contributed by atoms with van der Waals surface area (Å²) in [5.41, 5.74) is -0.430. The topological polar surface area (TPSA) is 116 Å². The molecule has 2 aromatic carbocycles. The third kappa shape index (κ3) is 5.19. The number of carbonyl (C=O) groups is 3. The minimum absolute atomic E-state index is 0.176. The fraction of sp³-hybridized carbons (Fsp3) is 0.286. The second-order valence-corrected chi connectivity index (χ2v) is 6.22. The molecular weight excluding hydrogens is 392 g/mol. The van der Waals surface area contributed by atoms with Crippen LogP contribution in [0.5, 0.6) is 0 Å². The van der Waals surface area contributed by atoms with Gasteiger partial charge in [-0.1, -0.05) is 30.3 Å². The van der Waals surface area contributed by atoms with E-state index in [0.29, 0.717) is 18.7 Å². The van der Waals surface area contributed by atoms with Gasteiger partial charge in [0.1, 0.15) is 0 Å². The number of carbonyl (C=O) groups excluding carboxylic acids is 3. The highest BCUT2D eigenvalue weighted by Crippen LogP contribution is 2.24. The van der Waals surface area contributed by atoms with E-state index in [0.717, 1.165) is 25.3 Å². The normalized spacial score (nSPS) is 11.3. The van der Waals surface area contributed by atoms with Gasteiger partial charge in [0.2, 0.25) is 6.10 Å². The average molecular weight is 414 g/mol. The molecule has 0 fully saturated rings. The predicted octanol–water partition coefficient (Wildman–Crippen LogP) is 3.15. The number of non-ortho nitro benzene ring substituents is 1. The van der Waals surface area contributed by atoms with Crippen molar-refractivity contribution in [3.63, 3.8) is 0 Å². The zero-order valence-corrected chi connectivity index (χ0v) is 16.9. The monoisotopic (exact) mass is 414 g/mol. The Morgan fingerprint density at radius 2 is 1.57 bits per heavy atom. The Morgan fingerprint density at radius 1 is 1.00 bits per heavy atom. The van der Waals surface area contributed by atoms with Gasteiger partial charge in [-0.2, -0.15) is 0 Å². The molecule has 0 aromatic heterocycles. The van der Waals surface area contributed by atoms with Gasteiger partial charge in [-0.05, 0) is 19.9 Å². The summed E-state index contributed by atoms with van der Waals surface area (Å²) in [4.78, 5) is 49.5. The molecule has 0 N–H and O–H groups in total. The number of methoxy groups -OCH3 is 1. The van der Waals surface area contributed by atoms with Crippen molar-refractivity contribution >= 4 is 23.5 Å². The molecule has 0 bridgehead atoms. The van der Waals surface area contributed by atoms with Crippen LogP contribution in [-0.4, -0.2) is 47.9 Å². The highest BCUT2D eigenvalue weighted by Gasteiger charge is 2.29. The van der Waals surface area contributed by atoms with Crippen LogP contribution in [0, 0.1) is 10.1 Å². The second-order valence-electron chi connectivity index (χ2n) is 6.22. The zero-order valence-electron chi connectivity index (χ0n) is 16.9. The van der Waals surface area contributed by atoms with Gasteiger partial charge in [-0.25, -0.2) is 9.59 Å². The molecule has 1 amide bonds. The maximum absolute atomic E-state index is 12.9. The molecule has 0 saturated heterocycles. The fourth-order valence-electron chi connectivity index (χ4n) is 2.84. The Labute approximate surface area is 173 Å². The Morgan fingerprint density at radius 3 is 2.07 bits per heavy atom. The van der Waals surface area contributed by atoms with Crippen molar-refractivity contribution < 1.29 is 28.8 Å². The van der Waals surface area contributed by atoms with Crippen molar-refractivity contribution in [2.45, 2.75) is 20.0 Å². The zero-order chi connectivity index (χ0) is 22.3. The molecule has 0 unspecified atom stereocenters. The molecule has 0 aliphatic carbocycles. The van der Waals surface area contributed by atoms with Gasteiger partial charge in [-0.15, -0.1) is 0 Å². The standard InChI is InChI=1S/C21H22N2O7/c1-4-22(5-2)19(24)18(14-9-7-6-8-10-14)30-21(26)16-11-15(20(25)29-3)12-17(13-16)23(27)28/h6-13,18H,4-5H2,1-3H3/t18-/m1/s1. The Kier molecular flexibility index (Phi) is 7.62. The number of amides is 1. The molecule has 0 spiro atoms. The first-order valence-electron chi connectivity index (χ1n) is 9.24. The number of nitro benzene ring substituents is 1. The summed E-state index contributed by atoms with van der Waals surface area (Å²) in [6.45, 7) is 4.43. The van der Waals surface area contributed by atoms with Gasteiger partial charge >= 0.3 is 11.9 Å². The van der Waals surface area contributed by atoms with Crippen LogP contribution in [0.3, 0.4) is 0 Å². The molecule has 0 aliphatic rings. The summed E-state index contributed by atoms with van der Waals surface area (Å²) in [7, 11) is 1.12. The van der Waals surface area contributed by atoms with Crippen LogP contribution in [0.1, 0.15) is 46.2 Å². The third-order valence-electron chi connectivity index (χ3n) is 4.41. The van der Waals surface area contributed by atoms with Crippen molar-refractivity contribution in [3.05, 3.63) is 75.3 Å². The van der Waals surface area contributed by atoms with Crippen molar-refractivity contribution in [2.24, 2.45) is 0 Å². The van der Waals surface area contributed by atoms with Crippen molar-refractivity contribution in [2.75, 3.05) is 20.2 Å². The van der Waals surface area contributed by atoms with Crippen LogP contribution in [-0.2, 0) is 14.3 Å². The molecule has 0 aliphatic heterocycles. The molecule has 0 saturated carbocycles. The Bertz CT molecular complexity index is 940. The first-order chi connectivity index (χ1) is 14.3. The van der Waals surface area contributed by atoms with E-state index in [4.69, 9.17) is 4.74 Å². The lowest BCUT2D eigenvalue weighted by atomic mass is 10.1. The molecule has 1 atom stereocenters. The quantitative estimate of drug-likeness (QED) is 0.370. The highest BCUT2D eigenvalue weighted by molar-refractivity contribution is 5.97. The lowest BCUT2D eigenvalue weighted by Crippen LogP contribution is -2.36. The number of nitrogens with zero attached hydrogens (tertiary/aromatic N) is 2. The summed E-state index contributed by atoms with van der Waals surface area (Å²) in [6.07, 6.45) is -1.24. The number of benzene rings is 2. The summed E-state index contributed by atoms with van der Waals surface area (Å²) in [6, 6.07) is 11.6. The third-order valence-corrected chi connectivity index (χ3v) is 4.41. The van der Waals surface area contributed by atoms with Crippen LogP contribution >= 0.6 is 0 Å². The number of hydrogen-bond donors (Lipinski definition) is 0. The molecule has 2 rings (SSSR count). The highest BCUT2D eigenvalue weighted by atomic mass is 16.6. The van der Waals surface area contributed by atoms with Gasteiger partial charge in [-0.3, -0.25) is 14.9 Å². The molecule has 2 aromatic rings. The number of nitro groups is 1. The lowest BCUT2D eigenvalue weighted by Gasteiger charge is -2.25. The number of esters is 2. The SMILES string of the molecule is CCN(CC)C(=O)[C@H](OC(=O)c1cc(C(=O)OC)cc([N+](=O)[O-])c1)c1ccccc1. The van der Waals surface area contributed by atoms with Crippen molar-refractivity contribution in [1.29, 1.82) is 0 Å². The molecule has 158 valence electrons. The van der Waals surface area contributed by atoms with Gasteiger partial charge in [0.25, 0.3) is 11.6 Å². The van der Waals surface area contributed by atoms with Crippen molar-refractivity contribution in [3.8, 4) is 0 Å². The molecule has 0 heterocycles. The summed E-state index contributed by atoms with van der Waals surface area (Å²) < 4.78 is 10.0. The van der Waals surface area contributed by atoms with E-state index < -0.39 is 34.6 Å². The van der Waals surface area contributed by atoms with E-state index in [1.165, 1.54) is 4.90 Å². The Balaban J connectivity index is 2.44. The summed E-state index contributed by atoms with van der Waals surface area (Å²) >= 11 is 0. The molecule has 9 nitrogen and oxygen atoms in total. The van der Waals surface area contributed by atoms with E-state index in [1.807, 2.05) is 0 Å². The first-order valence-corrected chi connectivity index (χ1v) is 9.24. The number of rotatable bonds is 8. The van der Waals surface area contributed by atoms with Crippen LogP contribution in [0.25, 0.3) is 0 Å². The predicted molar refractivity (Wildman–Crippen MR) is 107 cm³/mol. The van der Waals surface area contributed by atoms with Gasteiger partial charge in [0.15, 0.2) is 0 Å². The van der Waals surface area contributed by atoms with Crippen molar-refractivity contribution in [1.82, 2.24) is 4.90 Å². The second kappa shape index (κ2) is 10.1.